The Balaban J connectivity index is 1.30. The van der Waals surface area contributed by atoms with Gasteiger partial charge in [0.05, 0.1) is 31.5 Å². The number of aromatic amines is 1. The van der Waals surface area contributed by atoms with Gasteiger partial charge in [-0.1, -0.05) is 0 Å². The van der Waals surface area contributed by atoms with Crippen molar-refractivity contribution in [3.05, 3.63) is 48.0 Å². The van der Waals surface area contributed by atoms with Gasteiger partial charge in [0.25, 0.3) is 5.91 Å². The molecule has 4 rings (SSSR count). The van der Waals surface area contributed by atoms with E-state index in [1.165, 1.54) is 0 Å². The molecule has 10 heteroatoms. The van der Waals surface area contributed by atoms with E-state index in [-0.39, 0.29) is 11.9 Å². The molecule has 36 heavy (non-hydrogen) atoms. The predicted octanol–water partition coefficient (Wildman–Crippen LogP) is 4.09. The summed E-state index contributed by atoms with van der Waals surface area (Å²) in [5.41, 5.74) is 1.73. The zero-order valence-electron chi connectivity index (χ0n) is 21.3. The Hall–Kier alpha value is -3.95. The highest BCUT2D eigenvalue weighted by Crippen LogP contribution is 2.36. The van der Waals surface area contributed by atoms with E-state index < -0.39 is 5.41 Å². The number of ether oxygens (including phenoxy) is 3. The number of methoxy groups -OCH3 is 1. The Kier molecular flexibility index (Phi) is 7.52. The molecule has 3 aromatic rings. The number of hydrogen-bond donors (Lipinski definition) is 1. The minimum Gasteiger partial charge on any atom is -0.494 e. The van der Waals surface area contributed by atoms with Crippen LogP contribution in [0.1, 0.15) is 46.1 Å². The van der Waals surface area contributed by atoms with E-state index in [9.17, 15) is 4.79 Å². The molecule has 0 atom stereocenters. The van der Waals surface area contributed by atoms with Gasteiger partial charge >= 0.3 is 0 Å². The highest BCUT2D eigenvalue weighted by atomic mass is 16.5. The lowest BCUT2D eigenvalue weighted by atomic mass is 9.83. The molecule has 0 bridgehead atoms. The Morgan fingerprint density at radius 1 is 0.972 bits per heavy atom. The first kappa shape index (κ1) is 25.2. The number of tetrazole rings is 1. The van der Waals surface area contributed by atoms with Gasteiger partial charge < -0.3 is 14.2 Å². The number of rotatable bonds is 11. The van der Waals surface area contributed by atoms with Gasteiger partial charge in [-0.25, -0.2) is 5.01 Å². The van der Waals surface area contributed by atoms with Crippen LogP contribution >= 0.6 is 0 Å². The minimum absolute atomic E-state index is 0.00441. The number of unbranched alkanes of at least 4 members (excludes halogenated alkanes) is 1. The molecule has 1 aliphatic heterocycles. The van der Waals surface area contributed by atoms with Crippen molar-refractivity contribution in [2.45, 2.75) is 46.6 Å². The Bertz CT molecular complexity index is 1210. The molecule has 0 saturated heterocycles. The number of hydrazone groups is 1. The number of carbonyl (C=O) groups excluding carboxylic acids is 1. The number of amides is 1. The van der Waals surface area contributed by atoms with Gasteiger partial charge in [-0.2, -0.15) is 10.3 Å². The highest BCUT2D eigenvalue weighted by molar-refractivity contribution is 6.19. The third-order valence-corrected chi connectivity index (χ3v) is 5.99. The van der Waals surface area contributed by atoms with E-state index in [0.29, 0.717) is 30.5 Å². The number of nitrogens with one attached hydrogen (secondary N) is 1. The van der Waals surface area contributed by atoms with E-state index in [2.05, 4.69) is 25.7 Å². The van der Waals surface area contributed by atoms with Gasteiger partial charge in [0.2, 0.25) is 5.82 Å². The standard InChI is InChI=1S/C26H32N6O4/c1-17(2)32-25(33)26(3,4)23(29-32)19-10-13-21(34-5)22(16-19)36-15-7-6-14-35-20-11-8-18(9-12-20)24-27-30-31-28-24/h8-13,16-17H,6-7,14-15H2,1-5H3,(H,27,28,30,31). The van der Waals surface area contributed by atoms with Crippen LogP contribution in [0.4, 0.5) is 0 Å². The van der Waals surface area contributed by atoms with Crippen molar-refractivity contribution in [3.63, 3.8) is 0 Å². The molecular weight excluding hydrogens is 460 g/mol. The van der Waals surface area contributed by atoms with Crippen LogP contribution in [-0.2, 0) is 4.79 Å². The number of nitrogens with zero attached hydrogens (tertiary/aromatic N) is 5. The third-order valence-electron chi connectivity index (χ3n) is 5.99. The number of carbonyl (C=O) groups is 1. The van der Waals surface area contributed by atoms with Gasteiger partial charge in [-0.3, -0.25) is 4.79 Å². The summed E-state index contributed by atoms with van der Waals surface area (Å²) in [7, 11) is 1.61. The summed E-state index contributed by atoms with van der Waals surface area (Å²) in [5, 5.41) is 20.1. The monoisotopic (exact) mass is 492 g/mol. The fourth-order valence-electron chi connectivity index (χ4n) is 3.93. The summed E-state index contributed by atoms with van der Waals surface area (Å²) >= 11 is 0. The number of H-pyrrole nitrogens is 1. The first-order valence-corrected chi connectivity index (χ1v) is 12.0. The largest absolute Gasteiger partial charge is 0.494 e. The van der Waals surface area contributed by atoms with Crippen molar-refractivity contribution in [2.75, 3.05) is 20.3 Å². The zero-order chi connectivity index (χ0) is 25.7. The smallest absolute Gasteiger partial charge is 0.254 e. The Morgan fingerprint density at radius 3 is 2.28 bits per heavy atom. The molecule has 0 fully saturated rings. The Morgan fingerprint density at radius 2 is 1.67 bits per heavy atom. The van der Waals surface area contributed by atoms with E-state index in [4.69, 9.17) is 14.2 Å². The lowest BCUT2D eigenvalue weighted by Crippen LogP contribution is -2.37. The average Bonchev–Trinajstić information content (AvgIpc) is 3.48. The van der Waals surface area contributed by atoms with Gasteiger partial charge in [-0.15, -0.1) is 10.2 Å². The summed E-state index contributed by atoms with van der Waals surface area (Å²) in [6.07, 6.45) is 1.63. The maximum Gasteiger partial charge on any atom is 0.254 e. The Labute approximate surface area is 210 Å². The van der Waals surface area contributed by atoms with Crippen LogP contribution in [0.25, 0.3) is 11.4 Å². The maximum atomic E-state index is 12.8. The fourth-order valence-corrected chi connectivity index (χ4v) is 3.93. The lowest BCUT2D eigenvalue weighted by molar-refractivity contribution is -0.136. The van der Waals surface area contributed by atoms with Crippen LogP contribution in [0.2, 0.25) is 0 Å². The summed E-state index contributed by atoms with van der Waals surface area (Å²) < 4.78 is 17.4. The molecule has 0 saturated carbocycles. The fraction of sp³-hybridized carbons (Fsp3) is 0.423. The summed E-state index contributed by atoms with van der Waals surface area (Å²) in [6, 6.07) is 13.2. The highest BCUT2D eigenvalue weighted by Gasteiger charge is 2.44. The molecule has 0 spiro atoms. The first-order chi connectivity index (χ1) is 17.3. The second-order valence-corrected chi connectivity index (χ2v) is 9.35. The van der Waals surface area contributed by atoms with Crippen molar-refractivity contribution in [1.29, 1.82) is 0 Å². The molecular formula is C26H32N6O4. The molecule has 190 valence electrons. The molecule has 2 heterocycles. The van der Waals surface area contributed by atoms with Crippen molar-refractivity contribution in [1.82, 2.24) is 25.6 Å². The van der Waals surface area contributed by atoms with Crippen molar-refractivity contribution in [2.24, 2.45) is 10.5 Å². The molecule has 10 nitrogen and oxygen atoms in total. The molecule has 0 unspecified atom stereocenters. The topological polar surface area (TPSA) is 115 Å². The summed E-state index contributed by atoms with van der Waals surface area (Å²) in [5.74, 6) is 2.59. The van der Waals surface area contributed by atoms with Crippen molar-refractivity contribution >= 4 is 11.6 Å². The second kappa shape index (κ2) is 10.8. The van der Waals surface area contributed by atoms with E-state index in [1.807, 2.05) is 70.2 Å². The SMILES string of the molecule is COc1ccc(C2=NN(C(C)C)C(=O)C2(C)C)cc1OCCCCOc1ccc(-c2nn[nH]n2)cc1. The summed E-state index contributed by atoms with van der Waals surface area (Å²) in [4.78, 5) is 12.8. The van der Waals surface area contributed by atoms with E-state index >= 15 is 0 Å². The zero-order valence-corrected chi connectivity index (χ0v) is 21.3. The number of benzene rings is 2. The maximum absolute atomic E-state index is 12.8. The third kappa shape index (κ3) is 5.32. The molecule has 1 N–H and O–H groups in total. The normalized spacial score (nSPS) is 14.8. The van der Waals surface area contributed by atoms with Crippen LogP contribution < -0.4 is 14.2 Å². The number of aromatic nitrogens is 4. The van der Waals surface area contributed by atoms with E-state index in [0.717, 1.165) is 35.4 Å². The van der Waals surface area contributed by atoms with Crippen LogP contribution in [0, 0.1) is 5.41 Å². The van der Waals surface area contributed by atoms with Crippen LogP contribution in [0.5, 0.6) is 17.2 Å². The molecule has 0 radical (unpaired) electrons. The first-order valence-electron chi connectivity index (χ1n) is 12.0. The predicted molar refractivity (Wildman–Crippen MR) is 135 cm³/mol. The summed E-state index contributed by atoms with van der Waals surface area (Å²) in [6.45, 7) is 8.79. The quantitative estimate of drug-likeness (QED) is 0.401. The van der Waals surface area contributed by atoms with Crippen LogP contribution in [0.3, 0.4) is 0 Å². The van der Waals surface area contributed by atoms with Crippen LogP contribution in [0.15, 0.2) is 47.6 Å². The average molecular weight is 493 g/mol. The van der Waals surface area contributed by atoms with Crippen molar-refractivity contribution in [3.8, 4) is 28.6 Å². The van der Waals surface area contributed by atoms with Gasteiger partial charge in [0.1, 0.15) is 5.75 Å². The molecule has 1 aromatic heterocycles. The minimum atomic E-state index is -0.711. The lowest BCUT2D eigenvalue weighted by Gasteiger charge is -2.22. The van der Waals surface area contributed by atoms with E-state index in [1.54, 1.807) is 12.1 Å². The van der Waals surface area contributed by atoms with Gasteiger partial charge in [0, 0.05) is 17.2 Å². The molecule has 2 aromatic carbocycles. The molecule has 0 aliphatic carbocycles. The van der Waals surface area contributed by atoms with Gasteiger partial charge in [0.15, 0.2) is 11.5 Å². The van der Waals surface area contributed by atoms with Crippen molar-refractivity contribution < 1.29 is 19.0 Å². The van der Waals surface area contributed by atoms with Crippen LogP contribution in [-0.4, -0.2) is 63.6 Å². The molecule has 1 amide bonds. The van der Waals surface area contributed by atoms with Gasteiger partial charge in [-0.05, 0) is 88.2 Å². The molecule has 1 aliphatic rings. The number of hydrogen-bond acceptors (Lipinski definition) is 8. The second-order valence-electron chi connectivity index (χ2n) is 9.35.